The van der Waals surface area contributed by atoms with Crippen LogP contribution in [0.2, 0.25) is 0 Å². The number of benzene rings is 1. The standard InChI is InChI=1S/C24H23F5N4O3/c1-2-15-19(21(25)26)17(31-22(34)16-4-3-5-18(30-16)24(27,28)29)10-13-11-33(32-20(13)15)14-8-6-12(7-9-14)23(35)36/h3-5,10-12,14,21H,2,6-9H2,1H3,(H,31,34)(H,35,36). The van der Waals surface area contributed by atoms with E-state index in [1.165, 1.54) is 6.07 Å². The molecule has 0 spiro atoms. The van der Waals surface area contributed by atoms with Crippen molar-refractivity contribution in [2.45, 2.75) is 57.7 Å². The first-order valence-corrected chi connectivity index (χ1v) is 11.4. The van der Waals surface area contributed by atoms with Gasteiger partial charge in [0.25, 0.3) is 12.3 Å². The summed E-state index contributed by atoms with van der Waals surface area (Å²) in [6.07, 6.45) is -3.83. The van der Waals surface area contributed by atoms with Gasteiger partial charge in [-0.2, -0.15) is 18.3 Å². The molecule has 2 aromatic heterocycles. The van der Waals surface area contributed by atoms with Gasteiger partial charge < -0.3 is 10.4 Å². The Morgan fingerprint density at radius 1 is 1.19 bits per heavy atom. The molecule has 2 heterocycles. The van der Waals surface area contributed by atoms with Crippen LogP contribution in [0.1, 0.15) is 72.4 Å². The highest BCUT2D eigenvalue weighted by atomic mass is 19.4. The van der Waals surface area contributed by atoms with Gasteiger partial charge in [0.2, 0.25) is 0 Å². The fraction of sp³-hybridized carbons (Fsp3) is 0.417. The number of carboxylic acids is 1. The summed E-state index contributed by atoms with van der Waals surface area (Å²) < 4.78 is 68.9. The highest BCUT2D eigenvalue weighted by Crippen LogP contribution is 2.38. The van der Waals surface area contributed by atoms with E-state index in [-0.39, 0.29) is 23.7 Å². The number of nitrogens with zero attached hydrogens (tertiary/aromatic N) is 3. The van der Waals surface area contributed by atoms with Gasteiger partial charge in [0.15, 0.2) is 0 Å². The number of amides is 1. The molecule has 36 heavy (non-hydrogen) atoms. The Morgan fingerprint density at radius 3 is 2.47 bits per heavy atom. The van der Waals surface area contributed by atoms with Crippen LogP contribution < -0.4 is 5.32 Å². The van der Waals surface area contributed by atoms with Crippen molar-refractivity contribution < 1.29 is 36.6 Å². The van der Waals surface area contributed by atoms with Crippen molar-refractivity contribution in [3.05, 3.63) is 53.0 Å². The van der Waals surface area contributed by atoms with E-state index in [0.29, 0.717) is 42.7 Å². The number of hydrogen-bond donors (Lipinski definition) is 2. The first kappa shape index (κ1) is 25.5. The number of anilines is 1. The van der Waals surface area contributed by atoms with Crippen LogP contribution in [-0.4, -0.2) is 31.7 Å². The van der Waals surface area contributed by atoms with E-state index >= 15 is 0 Å². The third-order valence-electron chi connectivity index (χ3n) is 6.47. The Balaban J connectivity index is 1.70. The predicted octanol–water partition coefficient (Wildman–Crippen LogP) is 6.02. The number of hydrogen-bond acceptors (Lipinski definition) is 4. The van der Waals surface area contributed by atoms with Gasteiger partial charge in [0.1, 0.15) is 11.4 Å². The van der Waals surface area contributed by atoms with Crippen molar-refractivity contribution in [1.82, 2.24) is 14.8 Å². The predicted molar refractivity (Wildman–Crippen MR) is 120 cm³/mol. The molecule has 1 amide bonds. The Morgan fingerprint density at radius 2 is 1.89 bits per heavy atom. The summed E-state index contributed by atoms with van der Waals surface area (Å²) in [5.41, 5.74) is -1.96. The smallest absolute Gasteiger partial charge is 0.433 e. The molecule has 1 aliphatic carbocycles. The van der Waals surface area contributed by atoms with Crippen LogP contribution in [0, 0.1) is 5.92 Å². The summed E-state index contributed by atoms with van der Waals surface area (Å²) >= 11 is 0. The average molecular weight is 510 g/mol. The molecule has 1 aromatic carbocycles. The topological polar surface area (TPSA) is 97.1 Å². The fourth-order valence-corrected chi connectivity index (χ4v) is 4.66. The minimum absolute atomic E-state index is 0.0972. The maximum absolute atomic E-state index is 14.2. The molecule has 7 nitrogen and oxygen atoms in total. The summed E-state index contributed by atoms with van der Waals surface area (Å²) in [5, 5.41) is 16.5. The van der Waals surface area contributed by atoms with E-state index < -0.39 is 47.3 Å². The molecule has 2 N–H and O–H groups in total. The first-order valence-electron chi connectivity index (χ1n) is 11.4. The molecular formula is C24H23F5N4O3. The summed E-state index contributed by atoms with van der Waals surface area (Å²) in [4.78, 5) is 27.2. The summed E-state index contributed by atoms with van der Waals surface area (Å²) in [6.45, 7) is 1.66. The third-order valence-corrected chi connectivity index (χ3v) is 6.47. The van der Waals surface area contributed by atoms with E-state index in [1.54, 1.807) is 17.8 Å². The number of halogens is 5. The lowest BCUT2D eigenvalue weighted by atomic mass is 9.86. The number of carbonyl (C=O) groups excluding carboxylic acids is 1. The van der Waals surface area contributed by atoms with Crippen molar-refractivity contribution in [1.29, 1.82) is 0 Å². The van der Waals surface area contributed by atoms with Crippen LogP contribution >= 0.6 is 0 Å². The van der Waals surface area contributed by atoms with Crippen molar-refractivity contribution in [3.63, 3.8) is 0 Å². The zero-order valence-electron chi connectivity index (χ0n) is 19.1. The number of nitrogens with one attached hydrogen (secondary N) is 1. The van der Waals surface area contributed by atoms with Crippen LogP contribution in [0.3, 0.4) is 0 Å². The van der Waals surface area contributed by atoms with Crippen LogP contribution in [-0.2, 0) is 17.4 Å². The van der Waals surface area contributed by atoms with Crippen molar-refractivity contribution in [3.8, 4) is 0 Å². The number of aliphatic carboxylic acids is 1. The molecule has 0 saturated heterocycles. The monoisotopic (exact) mass is 510 g/mol. The Labute approximate surface area is 202 Å². The second-order valence-electron chi connectivity index (χ2n) is 8.72. The van der Waals surface area contributed by atoms with Crippen LogP contribution in [0.15, 0.2) is 30.5 Å². The van der Waals surface area contributed by atoms with Gasteiger partial charge in [-0.15, -0.1) is 0 Å². The molecule has 1 fully saturated rings. The van der Waals surface area contributed by atoms with Crippen molar-refractivity contribution in [2.75, 3.05) is 5.32 Å². The number of carbonyl (C=O) groups is 2. The molecule has 12 heteroatoms. The number of alkyl halides is 5. The number of carboxylic acid groups (broad SMARTS) is 1. The van der Waals surface area contributed by atoms with E-state index in [2.05, 4.69) is 15.4 Å². The van der Waals surface area contributed by atoms with Gasteiger partial charge in [-0.25, -0.2) is 13.8 Å². The molecular weight excluding hydrogens is 487 g/mol. The number of rotatable bonds is 6. The van der Waals surface area contributed by atoms with Gasteiger partial charge >= 0.3 is 12.1 Å². The molecule has 0 unspecified atom stereocenters. The zero-order valence-corrected chi connectivity index (χ0v) is 19.1. The summed E-state index contributed by atoms with van der Waals surface area (Å²) in [6, 6.07) is 4.02. The molecule has 0 radical (unpaired) electrons. The normalized spacial score (nSPS) is 18.5. The number of aromatic nitrogens is 3. The minimum Gasteiger partial charge on any atom is -0.481 e. The molecule has 3 aromatic rings. The number of pyridine rings is 1. The third kappa shape index (κ3) is 5.02. The maximum atomic E-state index is 14.2. The lowest BCUT2D eigenvalue weighted by Gasteiger charge is -2.26. The van der Waals surface area contributed by atoms with E-state index in [4.69, 9.17) is 0 Å². The molecule has 0 bridgehead atoms. The maximum Gasteiger partial charge on any atom is 0.433 e. The van der Waals surface area contributed by atoms with Crippen molar-refractivity contribution >= 4 is 28.5 Å². The van der Waals surface area contributed by atoms with Gasteiger partial charge in [0.05, 0.1) is 23.2 Å². The second kappa shape index (κ2) is 9.82. The quantitative estimate of drug-likeness (QED) is 0.396. The largest absolute Gasteiger partial charge is 0.481 e. The second-order valence-corrected chi connectivity index (χ2v) is 8.72. The van der Waals surface area contributed by atoms with Crippen LogP contribution in [0.4, 0.5) is 27.6 Å². The molecule has 1 aliphatic rings. The molecule has 192 valence electrons. The van der Waals surface area contributed by atoms with Crippen LogP contribution in [0.25, 0.3) is 10.9 Å². The summed E-state index contributed by atoms with van der Waals surface area (Å²) in [7, 11) is 0. The van der Waals surface area contributed by atoms with Crippen LogP contribution in [0.5, 0.6) is 0 Å². The van der Waals surface area contributed by atoms with Gasteiger partial charge in [-0.05, 0) is 55.9 Å². The zero-order chi connectivity index (χ0) is 26.2. The minimum atomic E-state index is -4.77. The number of fused-ring (bicyclic) bond motifs is 1. The first-order chi connectivity index (χ1) is 17.0. The lowest BCUT2D eigenvalue weighted by molar-refractivity contribution is -0.143. The van der Waals surface area contributed by atoms with E-state index in [9.17, 15) is 36.6 Å². The molecule has 1 saturated carbocycles. The number of aryl methyl sites for hydroxylation is 1. The van der Waals surface area contributed by atoms with E-state index in [1.807, 2.05) is 0 Å². The Hall–Kier alpha value is -3.57. The fourth-order valence-electron chi connectivity index (χ4n) is 4.66. The Kier molecular flexibility index (Phi) is 6.96. The average Bonchev–Trinajstić information content (AvgIpc) is 3.26. The van der Waals surface area contributed by atoms with Crippen molar-refractivity contribution in [2.24, 2.45) is 5.92 Å². The van der Waals surface area contributed by atoms with Gasteiger partial charge in [-0.3, -0.25) is 14.3 Å². The summed E-state index contributed by atoms with van der Waals surface area (Å²) in [5.74, 6) is -2.32. The Bertz CT molecular complexity index is 1300. The molecule has 0 atom stereocenters. The highest BCUT2D eigenvalue weighted by molar-refractivity contribution is 6.05. The SMILES string of the molecule is CCc1c(C(F)F)c(NC(=O)c2cccc(C(F)(F)F)n2)cc2cn(C3CCC(C(=O)O)CC3)nc12. The lowest BCUT2D eigenvalue weighted by Crippen LogP contribution is -2.23. The van der Waals surface area contributed by atoms with E-state index in [0.717, 1.165) is 12.1 Å². The van der Waals surface area contributed by atoms with Gasteiger partial charge in [0, 0.05) is 17.1 Å². The molecule has 4 rings (SSSR count). The molecule has 0 aliphatic heterocycles. The highest BCUT2D eigenvalue weighted by Gasteiger charge is 2.33. The van der Waals surface area contributed by atoms with Gasteiger partial charge in [-0.1, -0.05) is 13.0 Å².